The van der Waals surface area contributed by atoms with Crippen LogP contribution < -0.4 is 10.6 Å². The smallest absolute Gasteiger partial charge is 0.278 e. The molecule has 2 heterocycles. The molecule has 10 heteroatoms. The van der Waals surface area contributed by atoms with E-state index in [1.807, 2.05) is 0 Å². The van der Waals surface area contributed by atoms with Crippen molar-refractivity contribution in [2.24, 2.45) is 0 Å². The highest BCUT2D eigenvalue weighted by atomic mass is 32.2. The summed E-state index contributed by atoms with van der Waals surface area (Å²) >= 11 is 1.08. The second kappa shape index (κ2) is 10.7. The molecular weight excluding hydrogens is 512 g/mol. The SMILES string of the molecule is O=C(Nc1ccc(SC2=C(Nc3ccc(F)cc3)C(=O)N(Cc3ccco3)C2=O)cc1)c1ccc(F)cc1. The highest BCUT2D eigenvalue weighted by Crippen LogP contribution is 2.37. The van der Waals surface area contributed by atoms with Gasteiger partial charge in [-0.2, -0.15) is 0 Å². The van der Waals surface area contributed by atoms with E-state index < -0.39 is 29.4 Å². The van der Waals surface area contributed by atoms with Gasteiger partial charge in [-0.1, -0.05) is 11.8 Å². The first kappa shape index (κ1) is 25.0. The molecule has 2 N–H and O–H groups in total. The van der Waals surface area contributed by atoms with E-state index in [1.54, 1.807) is 36.4 Å². The molecular formula is C28H19F2N3O4S. The Kier molecular flexibility index (Phi) is 7.05. The number of hydrogen-bond donors (Lipinski definition) is 2. The van der Waals surface area contributed by atoms with Gasteiger partial charge in [0.25, 0.3) is 17.7 Å². The summed E-state index contributed by atoms with van der Waals surface area (Å²) < 4.78 is 31.8. The van der Waals surface area contributed by atoms with E-state index in [0.29, 0.717) is 27.6 Å². The van der Waals surface area contributed by atoms with Gasteiger partial charge in [0.1, 0.15) is 28.0 Å². The predicted molar refractivity (Wildman–Crippen MR) is 138 cm³/mol. The van der Waals surface area contributed by atoms with Crippen molar-refractivity contribution in [1.29, 1.82) is 0 Å². The number of thioether (sulfide) groups is 1. The number of hydrogen-bond acceptors (Lipinski definition) is 6. The summed E-state index contributed by atoms with van der Waals surface area (Å²) in [5.74, 6) is -1.87. The molecule has 0 saturated heterocycles. The van der Waals surface area contributed by atoms with Gasteiger partial charge < -0.3 is 15.1 Å². The number of imide groups is 1. The average molecular weight is 532 g/mol. The average Bonchev–Trinajstić information content (AvgIpc) is 3.51. The summed E-state index contributed by atoms with van der Waals surface area (Å²) in [5.41, 5.74) is 1.31. The summed E-state index contributed by atoms with van der Waals surface area (Å²) in [6.45, 7) is -0.0440. The molecule has 3 aromatic carbocycles. The molecule has 1 aliphatic heterocycles. The predicted octanol–water partition coefficient (Wildman–Crippen LogP) is 5.79. The molecule has 0 radical (unpaired) electrons. The number of nitrogens with one attached hydrogen (secondary N) is 2. The van der Waals surface area contributed by atoms with Crippen molar-refractivity contribution in [3.63, 3.8) is 0 Å². The van der Waals surface area contributed by atoms with Crippen LogP contribution >= 0.6 is 11.8 Å². The van der Waals surface area contributed by atoms with E-state index >= 15 is 0 Å². The van der Waals surface area contributed by atoms with Gasteiger partial charge in [0.05, 0.1) is 12.8 Å². The number of anilines is 2. The number of rotatable bonds is 8. The van der Waals surface area contributed by atoms with Gasteiger partial charge >= 0.3 is 0 Å². The Morgan fingerprint density at radius 3 is 2.08 bits per heavy atom. The van der Waals surface area contributed by atoms with Crippen molar-refractivity contribution in [1.82, 2.24) is 4.90 Å². The third kappa shape index (κ3) is 5.50. The molecule has 3 amide bonds. The minimum absolute atomic E-state index is 0.0440. The zero-order valence-corrected chi connectivity index (χ0v) is 20.4. The fourth-order valence-corrected chi connectivity index (χ4v) is 4.61. The lowest BCUT2D eigenvalue weighted by atomic mass is 10.2. The quantitative estimate of drug-likeness (QED) is 0.280. The van der Waals surface area contributed by atoms with Crippen LogP contribution in [0.5, 0.6) is 0 Å². The Morgan fingerprint density at radius 1 is 0.816 bits per heavy atom. The molecule has 190 valence electrons. The van der Waals surface area contributed by atoms with Gasteiger partial charge in [0.2, 0.25) is 0 Å². The molecule has 1 aliphatic rings. The maximum Gasteiger partial charge on any atom is 0.278 e. The molecule has 5 rings (SSSR count). The number of furan rings is 1. The minimum Gasteiger partial charge on any atom is -0.467 e. The highest BCUT2D eigenvalue weighted by molar-refractivity contribution is 8.04. The minimum atomic E-state index is -0.540. The van der Waals surface area contributed by atoms with Gasteiger partial charge in [0, 0.05) is 21.8 Å². The zero-order chi connectivity index (χ0) is 26.6. The van der Waals surface area contributed by atoms with Crippen molar-refractivity contribution in [3.8, 4) is 0 Å². The van der Waals surface area contributed by atoms with Crippen molar-refractivity contribution >= 4 is 40.9 Å². The molecule has 0 spiro atoms. The molecule has 0 atom stereocenters. The first-order chi connectivity index (χ1) is 18.4. The highest BCUT2D eigenvalue weighted by Gasteiger charge is 2.39. The molecule has 0 unspecified atom stereocenters. The molecule has 7 nitrogen and oxygen atoms in total. The molecule has 4 aromatic rings. The van der Waals surface area contributed by atoms with Gasteiger partial charge in [-0.05, 0) is 84.9 Å². The third-order valence-corrected chi connectivity index (χ3v) is 6.66. The van der Waals surface area contributed by atoms with E-state index in [0.717, 1.165) is 16.7 Å². The molecule has 0 saturated carbocycles. The maximum absolute atomic E-state index is 13.4. The molecule has 0 fully saturated rings. The summed E-state index contributed by atoms with van der Waals surface area (Å²) in [7, 11) is 0. The summed E-state index contributed by atoms with van der Waals surface area (Å²) in [6.07, 6.45) is 1.46. The monoisotopic (exact) mass is 531 g/mol. The van der Waals surface area contributed by atoms with Crippen LogP contribution in [0.25, 0.3) is 0 Å². The normalized spacial score (nSPS) is 13.3. The van der Waals surface area contributed by atoms with Crippen molar-refractivity contribution in [3.05, 3.63) is 125 Å². The molecule has 0 bridgehead atoms. The van der Waals surface area contributed by atoms with E-state index in [1.165, 1.54) is 54.8 Å². The first-order valence-corrected chi connectivity index (χ1v) is 12.2. The molecule has 0 aliphatic carbocycles. The number of benzene rings is 3. The van der Waals surface area contributed by atoms with Crippen molar-refractivity contribution in [2.45, 2.75) is 11.4 Å². The summed E-state index contributed by atoms with van der Waals surface area (Å²) in [6, 6.07) is 20.6. The van der Waals surface area contributed by atoms with Crippen LogP contribution in [-0.2, 0) is 16.1 Å². The number of carbonyl (C=O) groups excluding carboxylic acids is 3. The van der Waals surface area contributed by atoms with Gasteiger partial charge in [0.15, 0.2) is 0 Å². The van der Waals surface area contributed by atoms with Gasteiger partial charge in [-0.15, -0.1) is 0 Å². The van der Waals surface area contributed by atoms with Crippen LogP contribution in [0.15, 0.2) is 111 Å². The number of carbonyl (C=O) groups is 3. The Bertz CT molecular complexity index is 1520. The van der Waals surface area contributed by atoms with E-state index in [-0.39, 0.29) is 17.1 Å². The van der Waals surface area contributed by atoms with E-state index in [9.17, 15) is 23.2 Å². The van der Waals surface area contributed by atoms with Crippen LogP contribution in [-0.4, -0.2) is 22.6 Å². The number of halogens is 2. The van der Waals surface area contributed by atoms with Crippen molar-refractivity contribution < 1.29 is 27.6 Å². The second-order valence-electron chi connectivity index (χ2n) is 8.20. The Labute approximate surface area is 220 Å². The fourth-order valence-electron chi connectivity index (χ4n) is 3.67. The standard InChI is InChI=1S/C28H19F2N3O4S/c29-18-5-3-17(4-6-18)26(34)32-21-11-13-23(14-12-21)38-25-24(31-20-9-7-19(30)8-10-20)27(35)33(28(25)36)16-22-2-1-15-37-22/h1-15,31H,16H2,(H,32,34). The zero-order valence-electron chi connectivity index (χ0n) is 19.6. The Hall–Kier alpha value is -4.70. The van der Waals surface area contributed by atoms with Gasteiger partial charge in [-0.25, -0.2) is 8.78 Å². The lowest BCUT2D eigenvalue weighted by Gasteiger charge is -2.13. The third-order valence-electron chi connectivity index (χ3n) is 5.57. The largest absolute Gasteiger partial charge is 0.467 e. The van der Waals surface area contributed by atoms with Crippen LogP contribution in [0.2, 0.25) is 0 Å². The summed E-state index contributed by atoms with van der Waals surface area (Å²) in [4.78, 5) is 40.8. The van der Waals surface area contributed by atoms with Crippen LogP contribution in [0.3, 0.4) is 0 Å². The maximum atomic E-state index is 13.4. The van der Waals surface area contributed by atoms with Crippen LogP contribution in [0.1, 0.15) is 16.1 Å². The number of nitrogens with zero attached hydrogens (tertiary/aromatic N) is 1. The summed E-state index contributed by atoms with van der Waals surface area (Å²) in [5, 5.41) is 5.68. The Balaban J connectivity index is 1.36. The van der Waals surface area contributed by atoms with Crippen LogP contribution in [0.4, 0.5) is 20.2 Å². The molecule has 1 aromatic heterocycles. The van der Waals surface area contributed by atoms with Crippen molar-refractivity contribution in [2.75, 3.05) is 10.6 Å². The number of amides is 3. The lowest BCUT2D eigenvalue weighted by Crippen LogP contribution is -2.31. The first-order valence-electron chi connectivity index (χ1n) is 11.4. The van der Waals surface area contributed by atoms with Crippen LogP contribution in [0, 0.1) is 11.6 Å². The van der Waals surface area contributed by atoms with E-state index in [4.69, 9.17) is 4.42 Å². The Morgan fingerprint density at radius 2 is 1.45 bits per heavy atom. The second-order valence-corrected chi connectivity index (χ2v) is 9.28. The lowest BCUT2D eigenvalue weighted by molar-refractivity contribution is -0.138. The molecule has 38 heavy (non-hydrogen) atoms. The van der Waals surface area contributed by atoms with Gasteiger partial charge in [-0.3, -0.25) is 19.3 Å². The fraction of sp³-hybridized carbons (Fsp3) is 0.0357. The van der Waals surface area contributed by atoms with E-state index in [2.05, 4.69) is 10.6 Å². The topological polar surface area (TPSA) is 91.7 Å².